The van der Waals surface area contributed by atoms with Crippen molar-refractivity contribution in [3.8, 4) is 0 Å². The maximum atomic E-state index is 4.68. The van der Waals surface area contributed by atoms with Crippen LogP contribution in [0.1, 0.15) is 42.9 Å². The summed E-state index contributed by atoms with van der Waals surface area (Å²) in [5.74, 6) is 0.601. The first-order chi connectivity index (χ1) is 13.2. The molecule has 2 aliphatic rings. The third-order valence-corrected chi connectivity index (χ3v) is 6.23. The van der Waals surface area contributed by atoms with E-state index in [1.807, 2.05) is 4.52 Å². The highest BCUT2D eigenvalue weighted by molar-refractivity contribution is 5.67. The molecule has 140 valence electrons. The van der Waals surface area contributed by atoms with Crippen LogP contribution >= 0.6 is 0 Å². The van der Waals surface area contributed by atoms with Gasteiger partial charge >= 0.3 is 0 Å². The van der Waals surface area contributed by atoms with E-state index in [4.69, 9.17) is 0 Å². The monoisotopic (exact) mass is 362 g/mol. The minimum Gasteiger partial charge on any atom is -0.381 e. The Morgan fingerprint density at radius 3 is 2.67 bits per heavy atom. The molecule has 0 atom stereocenters. The van der Waals surface area contributed by atoms with Gasteiger partial charge in [-0.15, -0.1) is 10.2 Å². The van der Waals surface area contributed by atoms with E-state index in [2.05, 4.69) is 69.0 Å². The van der Waals surface area contributed by atoms with Crippen LogP contribution in [0.15, 0.2) is 42.7 Å². The molecular formula is C21H26N6. The van der Waals surface area contributed by atoms with Crippen molar-refractivity contribution in [3.63, 3.8) is 0 Å². The van der Waals surface area contributed by atoms with Gasteiger partial charge in [0, 0.05) is 17.9 Å². The molecule has 0 bridgehead atoms. The van der Waals surface area contributed by atoms with Crippen molar-refractivity contribution >= 4 is 11.3 Å². The van der Waals surface area contributed by atoms with Gasteiger partial charge in [0.05, 0.1) is 11.4 Å². The first-order valence-corrected chi connectivity index (χ1v) is 9.92. The van der Waals surface area contributed by atoms with Crippen molar-refractivity contribution in [2.75, 3.05) is 32.0 Å². The molecule has 0 amide bonds. The van der Waals surface area contributed by atoms with Crippen LogP contribution in [0.5, 0.6) is 0 Å². The number of piperidine rings is 1. The van der Waals surface area contributed by atoms with Gasteiger partial charge in [-0.3, -0.25) is 0 Å². The molecule has 1 aliphatic carbocycles. The largest absolute Gasteiger partial charge is 0.381 e. The second-order valence-electron chi connectivity index (χ2n) is 8.16. The van der Waals surface area contributed by atoms with Crippen LogP contribution in [0.2, 0.25) is 0 Å². The number of likely N-dealkylation sites (tertiary alicyclic amines) is 1. The van der Waals surface area contributed by atoms with E-state index in [0.717, 1.165) is 49.5 Å². The van der Waals surface area contributed by atoms with E-state index < -0.39 is 0 Å². The van der Waals surface area contributed by atoms with E-state index in [0.29, 0.717) is 5.92 Å². The molecule has 6 heteroatoms. The van der Waals surface area contributed by atoms with Crippen molar-refractivity contribution in [3.05, 3.63) is 54.0 Å². The number of anilines is 1. The molecule has 5 rings (SSSR count). The quantitative estimate of drug-likeness (QED) is 0.756. The number of nitrogens with zero attached hydrogens (tertiary/aromatic N) is 5. The molecule has 27 heavy (non-hydrogen) atoms. The predicted molar refractivity (Wildman–Crippen MR) is 106 cm³/mol. The van der Waals surface area contributed by atoms with E-state index in [9.17, 15) is 0 Å². The summed E-state index contributed by atoms with van der Waals surface area (Å²) in [7, 11) is 2.22. The third kappa shape index (κ3) is 3.18. The number of hydrogen-bond acceptors (Lipinski definition) is 5. The second kappa shape index (κ2) is 6.60. The average molecular weight is 362 g/mol. The molecule has 0 unspecified atom stereocenters. The lowest BCUT2D eigenvalue weighted by Gasteiger charge is -2.41. The van der Waals surface area contributed by atoms with Gasteiger partial charge in [0.1, 0.15) is 6.33 Å². The van der Waals surface area contributed by atoms with Crippen LogP contribution in [-0.2, 0) is 5.41 Å². The van der Waals surface area contributed by atoms with Crippen LogP contribution in [0.25, 0.3) is 5.65 Å². The van der Waals surface area contributed by atoms with E-state index in [1.165, 1.54) is 18.4 Å². The summed E-state index contributed by atoms with van der Waals surface area (Å²) in [5, 5.41) is 16.8. The zero-order chi connectivity index (χ0) is 18.3. The molecule has 1 saturated carbocycles. The number of rotatable bonds is 5. The highest BCUT2D eigenvalue weighted by Crippen LogP contribution is 2.40. The third-order valence-electron chi connectivity index (χ3n) is 6.23. The maximum absolute atomic E-state index is 4.68. The first-order valence-electron chi connectivity index (χ1n) is 9.92. The van der Waals surface area contributed by atoms with Gasteiger partial charge in [-0.05, 0) is 57.5 Å². The van der Waals surface area contributed by atoms with E-state index >= 15 is 0 Å². The lowest BCUT2D eigenvalue weighted by Crippen LogP contribution is -2.45. The molecule has 1 aliphatic heterocycles. The Hall–Kier alpha value is -2.47. The molecule has 0 spiro atoms. The van der Waals surface area contributed by atoms with Crippen LogP contribution < -0.4 is 5.32 Å². The summed E-state index contributed by atoms with van der Waals surface area (Å²) in [6.07, 6.45) is 6.49. The summed E-state index contributed by atoms with van der Waals surface area (Å²) >= 11 is 0. The predicted octanol–water partition coefficient (Wildman–Crippen LogP) is 3.08. The average Bonchev–Trinajstić information content (AvgIpc) is 3.45. The van der Waals surface area contributed by atoms with Gasteiger partial charge < -0.3 is 10.2 Å². The SMILES string of the molecule is CN1CCC(CNc2cc(C3CC3)nn3cnnc23)(c2ccccc2)CC1. The number of hydrogen-bond donors (Lipinski definition) is 1. The van der Waals surface area contributed by atoms with Crippen LogP contribution in [0, 0.1) is 0 Å². The summed E-state index contributed by atoms with van der Waals surface area (Å²) in [5.41, 5.74) is 4.60. The molecule has 6 nitrogen and oxygen atoms in total. The Labute approximate surface area is 159 Å². The Morgan fingerprint density at radius 1 is 1.15 bits per heavy atom. The van der Waals surface area contributed by atoms with Crippen molar-refractivity contribution < 1.29 is 0 Å². The minimum absolute atomic E-state index is 0.147. The number of nitrogens with one attached hydrogen (secondary N) is 1. The fourth-order valence-corrected chi connectivity index (χ4v) is 4.22. The zero-order valence-corrected chi connectivity index (χ0v) is 15.8. The Balaban J connectivity index is 1.46. The fraction of sp³-hybridized carbons (Fsp3) is 0.476. The molecular weight excluding hydrogens is 336 g/mol. The molecule has 2 aromatic heterocycles. The lowest BCUT2D eigenvalue weighted by molar-refractivity contribution is 0.195. The highest BCUT2D eigenvalue weighted by atomic mass is 15.3. The van der Waals surface area contributed by atoms with E-state index in [-0.39, 0.29) is 5.41 Å². The van der Waals surface area contributed by atoms with Gasteiger partial charge in [-0.2, -0.15) is 9.61 Å². The smallest absolute Gasteiger partial charge is 0.200 e. The van der Waals surface area contributed by atoms with Gasteiger partial charge in [0.15, 0.2) is 0 Å². The summed E-state index contributed by atoms with van der Waals surface area (Å²) in [4.78, 5) is 2.43. The van der Waals surface area contributed by atoms with Gasteiger partial charge in [-0.25, -0.2) is 0 Å². The first kappa shape index (κ1) is 16.7. The van der Waals surface area contributed by atoms with Crippen molar-refractivity contribution in [1.29, 1.82) is 0 Å². The molecule has 0 radical (unpaired) electrons. The Kier molecular flexibility index (Phi) is 4.08. The topological polar surface area (TPSA) is 58.4 Å². The van der Waals surface area contributed by atoms with Gasteiger partial charge in [0.2, 0.25) is 5.65 Å². The van der Waals surface area contributed by atoms with Crippen molar-refractivity contribution in [1.82, 2.24) is 24.7 Å². The molecule has 3 aromatic rings. The lowest BCUT2D eigenvalue weighted by atomic mass is 9.72. The summed E-state index contributed by atoms with van der Waals surface area (Å²) < 4.78 is 1.82. The Bertz CT molecular complexity index is 922. The highest BCUT2D eigenvalue weighted by Gasteiger charge is 2.35. The summed E-state index contributed by atoms with van der Waals surface area (Å²) in [6.45, 7) is 3.16. The van der Waals surface area contributed by atoms with Crippen molar-refractivity contribution in [2.24, 2.45) is 0 Å². The summed E-state index contributed by atoms with van der Waals surface area (Å²) in [6, 6.07) is 13.2. The second-order valence-corrected chi connectivity index (χ2v) is 8.16. The molecule has 2 fully saturated rings. The van der Waals surface area contributed by atoms with Gasteiger partial charge in [0.25, 0.3) is 0 Å². The number of fused-ring (bicyclic) bond motifs is 1. The van der Waals surface area contributed by atoms with Crippen molar-refractivity contribution in [2.45, 2.75) is 37.0 Å². The fourth-order valence-electron chi connectivity index (χ4n) is 4.22. The number of benzene rings is 1. The van der Waals surface area contributed by atoms with Gasteiger partial charge in [-0.1, -0.05) is 30.3 Å². The zero-order valence-electron chi connectivity index (χ0n) is 15.8. The Morgan fingerprint density at radius 2 is 1.93 bits per heavy atom. The normalized spacial score (nSPS) is 20.0. The standard InChI is InChI=1S/C21H26N6/c1-26-11-9-21(10-12-26,17-5-3-2-4-6-17)14-22-19-13-18(16-7-8-16)25-27-15-23-24-20(19)27/h2-6,13,15-16,22H,7-12,14H2,1H3. The maximum Gasteiger partial charge on any atom is 0.200 e. The van der Waals surface area contributed by atoms with Crippen LogP contribution in [0.4, 0.5) is 5.69 Å². The van der Waals surface area contributed by atoms with Crippen LogP contribution in [-0.4, -0.2) is 51.4 Å². The van der Waals surface area contributed by atoms with Crippen LogP contribution in [0.3, 0.4) is 0 Å². The van der Waals surface area contributed by atoms with E-state index in [1.54, 1.807) is 6.33 Å². The molecule has 3 heterocycles. The molecule has 1 N–H and O–H groups in total. The number of aromatic nitrogens is 4. The molecule has 1 saturated heterocycles. The minimum atomic E-state index is 0.147. The molecule has 1 aromatic carbocycles.